The van der Waals surface area contributed by atoms with Crippen LogP contribution in [0.5, 0.6) is 0 Å². The highest BCUT2D eigenvalue weighted by Crippen LogP contribution is 2.10. The van der Waals surface area contributed by atoms with Crippen molar-refractivity contribution in [2.24, 2.45) is 0 Å². The molecule has 0 aliphatic rings. The molecule has 1 amide bonds. The van der Waals surface area contributed by atoms with Gasteiger partial charge in [0.1, 0.15) is 11.5 Å². The van der Waals surface area contributed by atoms with Gasteiger partial charge < -0.3 is 10.4 Å². The van der Waals surface area contributed by atoms with E-state index in [0.29, 0.717) is 10.8 Å². The fourth-order valence-electron chi connectivity index (χ4n) is 1.28. The predicted molar refractivity (Wildman–Crippen MR) is 68.4 cm³/mol. The quantitative estimate of drug-likeness (QED) is 0.896. The summed E-state index contributed by atoms with van der Waals surface area (Å²) in [5.74, 6) is -1.25. The Balaban J connectivity index is 2.11. The summed E-state index contributed by atoms with van der Waals surface area (Å²) in [5, 5.41) is 11.7. The second-order valence-electron chi connectivity index (χ2n) is 3.55. The van der Waals surface area contributed by atoms with Crippen molar-refractivity contribution in [3.8, 4) is 0 Å². The molecule has 0 radical (unpaired) electrons. The van der Waals surface area contributed by atoms with E-state index in [2.05, 4.69) is 15.3 Å². The van der Waals surface area contributed by atoms with Crippen LogP contribution in [-0.2, 0) is 0 Å². The van der Waals surface area contributed by atoms with E-state index in [9.17, 15) is 9.59 Å². The molecule has 0 aliphatic heterocycles. The maximum absolute atomic E-state index is 11.8. The number of aromatic carboxylic acids is 1. The predicted octanol–water partition coefficient (Wildman–Crippen LogP) is 2.08. The molecule has 6 nitrogen and oxygen atoms in total. The number of hydrogen-bond donors (Lipinski definition) is 2. The average molecular weight is 278 g/mol. The third kappa shape index (κ3) is 3.26. The van der Waals surface area contributed by atoms with Crippen molar-refractivity contribution in [1.82, 2.24) is 9.97 Å². The lowest BCUT2D eigenvalue weighted by molar-refractivity contribution is 0.0696. The zero-order valence-corrected chi connectivity index (χ0v) is 10.3. The molecule has 2 aromatic rings. The number of nitrogens with zero attached hydrogens (tertiary/aromatic N) is 2. The number of carbonyl (C=O) groups is 2. The SMILES string of the molecule is O=C(O)c1ccc(C(=O)Nc2ccc(Cl)cn2)nc1. The van der Waals surface area contributed by atoms with E-state index in [1.807, 2.05) is 0 Å². The monoisotopic (exact) mass is 277 g/mol. The number of halogens is 1. The number of anilines is 1. The Labute approximate surface area is 113 Å². The van der Waals surface area contributed by atoms with Crippen LogP contribution in [0.2, 0.25) is 5.02 Å². The first-order chi connectivity index (χ1) is 9.06. The van der Waals surface area contributed by atoms with Crippen LogP contribution in [0.1, 0.15) is 20.8 Å². The standard InChI is InChI=1S/C12H8ClN3O3/c13-8-2-4-10(15-6-8)16-11(17)9-3-1-7(5-14-9)12(18)19/h1-6H,(H,18,19)(H,15,16,17). The Morgan fingerprint density at radius 3 is 2.42 bits per heavy atom. The maximum atomic E-state index is 11.8. The lowest BCUT2D eigenvalue weighted by atomic mass is 10.2. The van der Waals surface area contributed by atoms with Crippen LogP contribution in [-0.4, -0.2) is 27.0 Å². The van der Waals surface area contributed by atoms with Gasteiger partial charge in [-0.2, -0.15) is 0 Å². The van der Waals surface area contributed by atoms with Gasteiger partial charge in [0, 0.05) is 12.4 Å². The number of carboxylic acids is 1. The minimum atomic E-state index is -1.10. The van der Waals surface area contributed by atoms with Crippen molar-refractivity contribution < 1.29 is 14.7 Å². The Morgan fingerprint density at radius 1 is 1.11 bits per heavy atom. The maximum Gasteiger partial charge on any atom is 0.337 e. The summed E-state index contributed by atoms with van der Waals surface area (Å²) in [7, 11) is 0. The van der Waals surface area contributed by atoms with Gasteiger partial charge >= 0.3 is 5.97 Å². The number of aromatic nitrogens is 2. The zero-order chi connectivity index (χ0) is 13.8. The number of amides is 1. The van der Waals surface area contributed by atoms with E-state index < -0.39 is 11.9 Å². The van der Waals surface area contributed by atoms with E-state index in [-0.39, 0.29) is 11.3 Å². The van der Waals surface area contributed by atoms with Crippen LogP contribution >= 0.6 is 11.6 Å². The number of pyridine rings is 2. The fraction of sp³-hybridized carbons (Fsp3) is 0. The van der Waals surface area contributed by atoms with E-state index in [1.54, 1.807) is 12.1 Å². The number of rotatable bonds is 3. The molecule has 0 spiro atoms. The molecule has 96 valence electrons. The van der Waals surface area contributed by atoms with Gasteiger partial charge in [-0.25, -0.2) is 9.78 Å². The van der Waals surface area contributed by atoms with Crippen LogP contribution in [0.4, 0.5) is 5.82 Å². The van der Waals surface area contributed by atoms with Gasteiger partial charge in [0.15, 0.2) is 0 Å². The topological polar surface area (TPSA) is 92.2 Å². The highest BCUT2D eigenvalue weighted by atomic mass is 35.5. The van der Waals surface area contributed by atoms with Gasteiger partial charge in [0.2, 0.25) is 0 Å². The van der Waals surface area contributed by atoms with Crippen molar-refractivity contribution in [3.63, 3.8) is 0 Å². The van der Waals surface area contributed by atoms with Crippen LogP contribution in [0.25, 0.3) is 0 Å². The zero-order valence-electron chi connectivity index (χ0n) is 9.50. The minimum Gasteiger partial charge on any atom is -0.478 e. The highest BCUT2D eigenvalue weighted by Gasteiger charge is 2.10. The second-order valence-corrected chi connectivity index (χ2v) is 3.99. The van der Waals surface area contributed by atoms with Crippen LogP contribution in [0.15, 0.2) is 36.7 Å². The van der Waals surface area contributed by atoms with E-state index in [1.165, 1.54) is 18.3 Å². The third-order valence-corrected chi connectivity index (χ3v) is 2.44. The molecule has 0 fully saturated rings. The number of hydrogen-bond acceptors (Lipinski definition) is 4. The molecule has 0 unspecified atom stereocenters. The molecular weight excluding hydrogens is 270 g/mol. The van der Waals surface area contributed by atoms with Gasteiger partial charge in [-0.05, 0) is 24.3 Å². The molecule has 0 saturated heterocycles. The van der Waals surface area contributed by atoms with Crippen molar-refractivity contribution >= 4 is 29.3 Å². The average Bonchev–Trinajstić information content (AvgIpc) is 2.41. The van der Waals surface area contributed by atoms with E-state index in [0.717, 1.165) is 6.20 Å². The molecule has 7 heteroatoms. The number of nitrogens with one attached hydrogen (secondary N) is 1. The molecule has 0 saturated carbocycles. The largest absolute Gasteiger partial charge is 0.478 e. The Hall–Kier alpha value is -2.47. The summed E-state index contributed by atoms with van der Waals surface area (Å²) < 4.78 is 0. The first-order valence-corrected chi connectivity index (χ1v) is 5.56. The van der Waals surface area contributed by atoms with E-state index in [4.69, 9.17) is 16.7 Å². The molecule has 2 rings (SSSR count). The van der Waals surface area contributed by atoms with Gasteiger partial charge in [-0.15, -0.1) is 0 Å². The van der Waals surface area contributed by atoms with Crippen molar-refractivity contribution in [1.29, 1.82) is 0 Å². The number of carbonyl (C=O) groups excluding carboxylic acids is 1. The highest BCUT2D eigenvalue weighted by molar-refractivity contribution is 6.30. The molecule has 0 atom stereocenters. The van der Waals surface area contributed by atoms with Crippen LogP contribution in [0, 0.1) is 0 Å². The van der Waals surface area contributed by atoms with Gasteiger partial charge in [-0.3, -0.25) is 9.78 Å². The Morgan fingerprint density at radius 2 is 1.89 bits per heavy atom. The minimum absolute atomic E-state index is 0.0150. The van der Waals surface area contributed by atoms with Crippen LogP contribution < -0.4 is 5.32 Å². The molecule has 0 bridgehead atoms. The molecule has 2 aromatic heterocycles. The van der Waals surface area contributed by atoms with Gasteiger partial charge in [0.05, 0.1) is 10.6 Å². The summed E-state index contributed by atoms with van der Waals surface area (Å²) in [6.45, 7) is 0. The van der Waals surface area contributed by atoms with Gasteiger partial charge in [0.25, 0.3) is 5.91 Å². The normalized spacial score (nSPS) is 9.95. The van der Waals surface area contributed by atoms with Crippen molar-refractivity contribution in [2.45, 2.75) is 0 Å². The Kier molecular flexibility index (Phi) is 3.72. The fourth-order valence-corrected chi connectivity index (χ4v) is 1.40. The lowest BCUT2D eigenvalue weighted by Gasteiger charge is -2.03. The molecule has 2 heterocycles. The molecule has 19 heavy (non-hydrogen) atoms. The van der Waals surface area contributed by atoms with Gasteiger partial charge in [-0.1, -0.05) is 11.6 Å². The summed E-state index contributed by atoms with van der Waals surface area (Å²) in [6.07, 6.45) is 2.52. The van der Waals surface area contributed by atoms with Crippen molar-refractivity contribution in [2.75, 3.05) is 5.32 Å². The Bertz CT molecular complexity index is 611. The molecular formula is C12H8ClN3O3. The summed E-state index contributed by atoms with van der Waals surface area (Å²) in [5.41, 5.74) is 0.114. The van der Waals surface area contributed by atoms with Crippen LogP contribution in [0.3, 0.4) is 0 Å². The summed E-state index contributed by atoms with van der Waals surface area (Å²) in [4.78, 5) is 30.1. The smallest absolute Gasteiger partial charge is 0.337 e. The molecule has 2 N–H and O–H groups in total. The summed E-state index contributed by atoms with van der Waals surface area (Å²) in [6, 6.07) is 5.77. The van der Waals surface area contributed by atoms with E-state index >= 15 is 0 Å². The molecule has 0 aromatic carbocycles. The first-order valence-electron chi connectivity index (χ1n) is 5.18. The van der Waals surface area contributed by atoms with Crippen molar-refractivity contribution in [3.05, 3.63) is 52.9 Å². The summed E-state index contributed by atoms with van der Waals surface area (Å²) >= 11 is 5.67. The molecule has 0 aliphatic carbocycles. The third-order valence-electron chi connectivity index (χ3n) is 2.21. The second kappa shape index (κ2) is 5.45. The first kappa shape index (κ1) is 13.0. The lowest BCUT2D eigenvalue weighted by Crippen LogP contribution is -2.14. The number of carboxylic acid groups (broad SMARTS) is 1.